The fourth-order valence-corrected chi connectivity index (χ4v) is 3.68. The second kappa shape index (κ2) is 7.07. The number of hydrogen-bond acceptors (Lipinski definition) is 6. The minimum Gasteiger partial charge on any atom is -0.454 e. The summed E-state index contributed by atoms with van der Waals surface area (Å²) in [6.07, 6.45) is 2.68. The van der Waals surface area contributed by atoms with Gasteiger partial charge >= 0.3 is 5.69 Å². The number of aromatic nitrogens is 3. The first-order valence-electron chi connectivity index (χ1n) is 9.05. The van der Waals surface area contributed by atoms with E-state index in [2.05, 4.69) is 5.10 Å². The number of piperidine rings is 1. The van der Waals surface area contributed by atoms with Gasteiger partial charge < -0.3 is 19.5 Å². The summed E-state index contributed by atoms with van der Waals surface area (Å²) in [5.74, 6) is 1.48. The van der Waals surface area contributed by atoms with Gasteiger partial charge in [0.2, 0.25) is 12.7 Å². The van der Waals surface area contributed by atoms with Crippen molar-refractivity contribution in [3.8, 4) is 17.2 Å². The molecule has 4 rings (SSSR count). The summed E-state index contributed by atoms with van der Waals surface area (Å²) in [6.45, 7) is 2.26. The predicted octanol–water partition coefficient (Wildman–Crippen LogP) is 0.445. The zero-order valence-electron chi connectivity index (χ0n) is 15.1. The van der Waals surface area contributed by atoms with E-state index in [1.807, 2.05) is 0 Å². The maximum atomic E-state index is 12.8. The van der Waals surface area contributed by atoms with Gasteiger partial charge in [-0.3, -0.25) is 4.79 Å². The molecule has 1 aromatic carbocycles. The van der Waals surface area contributed by atoms with Crippen molar-refractivity contribution in [2.45, 2.75) is 38.8 Å². The minimum absolute atomic E-state index is 0.0642. The van der Waals surface area contributed by atoms with Gasteiger partial charge in [-0.2, -0.15) is 5.10 Å². The molecule has 1 atom stereocenters. The van der Waals surface area contributed by atoms with Crippen LogP contribution in [-0.2, 0) is 11.3 Å². The molecule has 0 unspecified atom stereocenters. The average molecular weight is 374 g/mol. The molecule has 9 heteroatoms. The SMILES string of the molecule is Cc1nn(CC(=O)N2CCCC[C@H]2CO)c(=O)n1-c1ccc2c(c1)OCO2. The zero-order chi connectivity index (χ0) is 19.0. The highest BCUT2D eigenvalue weighted by molar-refractivity contribution is 5.76. The van der Waals surface area contributed by atoms with Crippen LogP contribution in [0.2, 0.25) is 0 Å². The van der Waals surface area contributed by atoms with Crippen molar-refractivity contribution in [1.82, 2.24) is 19.2 Å². The molecular weight excluding hydrogens is 352 g/mol. The first-order valence-corrected chi connectivity index (χ1v) is 9.05. The fraction of sp³-hybridized carbons (Fsp3) is 0.500. The third kappa shape index (κ3) is 3.18. The van der Waals surface area contributed by atoms with Crippen LogP contribution in [0.4, 0.5) is 0 Å². The molecule has 0 spiro atoms. The topological polar surface area (TPSA) is 98.8 Å². The number of aryl methyl sites for hydroxylation is 1. The number of hydrogen-bond donors (Lipinski definition) is 1. The van der Waals surface area contributed by atoms with Gasteiger partial charge in [0.15, 0.2) is 11.5 Å². The van der Waals surface area contributed by atoms with Gasteiger partial charge in [0, 0.05) is 12.6 Å². The van der Waals surface area contributed by atoms with Gasteiger partial charge in [-0.05, 0) is 38.3 Å². The largest absolute Gasteiger partial charge is 0.454 e. The predicted molar refractivity (Wildman–Crippen MR) is 95.1 cm³/mol. The van der Waals surface area contributed by atoms with Crippen LogP contribution in [0, 0.1) is 6.92 Å². The van der Waals surface area contributed by atoms with Gasteiger partial charge in [-0.15, -0.1) is 0 Å². The number of amides is 1. The first kappa shape index (κ1) is 17.6. The number of ether oxygens (including phenoxy) is 2. The van der Waals surface area contributed by atoms with Crippen molar-refractivity contribution in [3.63, 3.8) is 0 Å². The van der Waals surface area contributed by atoms with Gasteiger partial charge in [-0.1, -0.05) is 0 Å². The van der Waals surface area contributed by atoms with Crippen LogP contribution >= 0.6 is 0 Å². The molecule has 1 fully saturated rings. The van der Waals surface area contributed by atoms with E-state index in [-0.39, 0.29) is 31.9 Å². The number of aliphatic hydroxyl groups excluding tert-OH is 1. The molecule has 1 N–H and O–H groups in total. The van der Waals surface area contributed by atoms with Crippen LogP contribution in [0.1, 0.15) is 25.1 Å². The number of nitrogens with zero attached hydrogens (tertiary/aromatic N) is 4. The lowest BCUT2D eigenvalue weighted by Crippen LogP contribution is -2.47. The number of rotatable bonds is 4. The molecule has 144 valence electrons. The molecule has 2 aliphatic heterocycles. The second-order valence-corrected chi connectivity index (χ2v) is 6.78. The standard InChI is InChI=1S/C18H22N4O5/c1-12-19-21(9-17(24)20-7-3-2-4-14(20)10-23)18(25)22(12)13-5-6-15-16(8-13)27-11-26-15/h5-6,8,14,23H,2-4,7,9-11H2,1H3/t14-/m0/s1. The molecule has 0 aliphatic carbocycles. The first-order chi connectivity index (χ1) is 13.1. The summed E-state index contributed by atoms with van der Waals surface area (Å²) < 4.78 is 13.3. The summed E-state index contributed by atoms with van der Waals surface area (Å²) >= 11 is 0. The number of fused-ring (bicyclic) bond motifs is 1. The highest BCUT2D eigenvalue weighted by atomic mass is 16.7. The Kier molecular flexibility index (Phi) is 4.61. The molecule has 0 radical (unpaired) electrons. The van der Waals surface area contributed by atoms with Gasteiger partial charge in [0.05, 0.1) is 18.3 Å². The number of likely N-dealkylation sites (tertiary alicyclic amines) is 1. The zero-order valence-corrected chi connectivity index (χ0v) is 15.1. The van der Waals surface area contributed by atoms with E-state index in [0.717, 1.165) is 19.3 Å². The lowest BCUT2D eigenvalue weighted by molar-refractivity contribution is -0.136. The number of benzene rings is 1. The molecule has 9 nitrogen and oxygen atoms in total. The van der Waals surface area contributed by atoms with Crippen LogP contribution in [0.25, 0.3) is 5.69 Å². The van der Waals surface area contributed by atoms with E-state index in [4.69, 9.17) is 9.47 Å². The van der Waals surface area contributed by atoms with Gasteiger partial charge in [0.25, 0.3) is 0 Å². The van der Waals surface area contributed by atoms with Crippen molar-refractivity contribution < 1.29 is 19.4 Å². The van der Waals surface area contributed by atoms with Crippen LogP contribution < -0.4 is 15.2 Å². The Bertz CT molecular complexity index is 919. The van der Waals surface area contributed by atoms with Crippen LogP contribution in [0.15, 0.2) is 23.0 Å². The van der Waals surface area contributed by atoms with E-state index >= 15 is 0 Å². The van der Waals surface area contributed by atoms with Crippen molar-refractivity contribution >= 4 is 5.91 Å². The van der Waals surface area contributed by atoms with E-state index < -0.39 is 5.69 Å². The second-order valence-electron chi connectivity index (χ2n) is 6.78. The number of carbonyl (C=O) groups excluding carboxylic acids is 1. The molecule has 1 saturated heterocycles. The molecule has 3 heterocycles. The maximum absolute atomic E-state index is 12.8. The number of carbonyl (C=O) groups is 1. The Labute approximate surface area is 155 Å². The van der Waals surface area contributed by atoms with E-state index in [9.17, 15) is 14.7 Å². The maximum Gasteiger partial charge on any atom is 0.351 e. The Morgan fingerprint density at radius 3 is 2.93 bits per heavy atom. The fourth-order valence-electron chi connectivity index (χ4n) is 3.68. The van der Waals surface area contributed by atoms with Crippen LogP contribution in [0.3, 0.4) is 0 Å². The van der Waals surface area contributed by atoms with Crippen molar-refractivity contribution in [1.29, 1.82) is 0 Å². The summed E-state index contributed by atoms with van der Waals surface area (Å²) in [5.41, 5.74) is 0.212. The minimum atomic E-state index is -0.391. The Morgan fingerprint density at radius 1 is 1.30 bits per heavy atom. The Morgan fingerprint density at radius 2 is 2.11 bits per heavy atom. The molecular formula is C18H22N4O5. The molecule has 27 heavy (non-hydrogen) atoms. The van der Waals surface area contributed by atoms with Crippen molar-refractivity contribution in [2.75, 3.05) is 19.9 Å². The summed E-state index contributed by atoms with van der Waals surface area (Å²) in [7, 11) is 0. The van der Waals surface area contributed by atoms with Gasteiger partial charge in [0.1, 0.15) is 12.4 Å². The monoisotopic (exact) mass is 374 g/mol. The lowest BCUT2D eigenvalue weighted by atomic mass is 10.0. The van der Waals surface area contributed by atoms with Crippen molar-refractivity contribution in [3.05, 3.63) is 34.5 Å². The lowest BCUT2D eigenvalue weighted by Gasteiger charge is -2.34. The van der Waals surface area contributed by atoms with E-state index in [1.54, 1.807) is 30.0 Å². The molecule has 0 bridgehead atoms. The molecule has 2 aliphatic rings. The van der Waals surface area contributed by atoms with Gasteiger partial charge in [-0.25, -0.2) is 14.0 Å². The quantitative estimate of drug-likeness (QED) is 0.834. The third-order valence-electron chi connectivity index (χ3n) is 5.06. The number of aliphatic hydroxyl groups is 1. The summed E-state index contributed by atoms with van der Waals surface area (Å²) in [5, 5.41) is 13.8. The molecule has 2 aromatic rings. The molecule has 1 aromatic heterocycles. The van der Waals surface area contributed by atoms with Crippen molar-refractivity contribution in [2.24, 2.45) is 0 Å². The highest BCUT2D eigenvalue weighted by Gasteiger charge is 2.27. The Balaban J connectivity index is 1.59. The van der Waals surface area contributed by atoms with E-state index in [0.29, 0.717) is 29.6 Å². The van der Waals surface area contributed by atoms with E-state index in [1.165, 1.54) is 9.25 Å². The third-order valence-corrected chi connectivity index (χ3v) is 5.06. The smallest absolute Gasteiger partial charge is 0.351 e. The Hall–Kier alpha value is -2.81. The highest BCUT2D eigenvalue weighted by Crippen LogP contribution is 2.33. The molecule has 0 saturated carbocycles. The van der Waals surface area contributed by atoms with Crippen LogP contribution in [0.5, 0.6) is 11.5 Å². The van der Waals surface area contributed by atoms with Crippen LogP contribution in [-0.4, -0.2) is 56.2 Å². The summed E-state index contributed by atoms with van der Waals surface area (Å²) in [4.78, 5) is 27.2. The average Bonchev–Trinajstić information content (AvgIpc) is 3.25. The summed E-state index contributed by atoms with van der Waals surface area (Å²) in [6, 6.07) is 5.03. The molecule has 1 amide bonds. The normalized spacial score (nSPS) is 18.7.